The summed E-state index contributed by atoms with van der Waals surface area (Å²) in [4.78, 5) is 0. The maximum absolute atomic E-state index is 11.6. The van der Waals surface area contributed by atoms with Crippen LogP contribution in [0.5, 0.6) is 0 Å². The van der Waals surface area contributed by atoms with Crippen LogP contribution in [-0.2, 0) is 18.1 Å². The maximum Gasteiger partial charge on any atom is 0.474 e. The molecule has 3 heterocycles. The van der Waals surface area contributed by atoms with Gasteiger partial charge >= 0.3 is 7.82 Å². The number of fused-ring (bicyclic) bond motifs is 3. The lowest BCUT2D eigenvalue weighted by atomic mass is 9.70. The van der Waals surface area contributed by atoms with E-state index in [1.807, 2.05) is 0 Å². The van der Waals surface area contributed by atoms with Crippen LogP contribution in [-0.4, -0.2) is 19.8 Å². The van der Waals surface area contributed by atoms with Gasteiger partial charge in [0.1, 0.15) is 0 Å². The lowest BCUT2D eigenvalue weighted by Gasteiger charge is -2.49. The fraction of sp³-hybridized carbons (Fsp3) is 1.00. The van der Waals surface area contributed by atoms with Gasteiger partial charge in [0, 0.05) is 5.41 Å². The van der Waals surface area contributed by atoms with E-state index in [2.05, 4.69) is 0 Å². The van der Waals surface area contributed by atoms with Gasteiger partial charge in [0.25, 0.3) is 0 Å². The number of hydrogen-bond acceptors (Lipinski definition) is 4. The molecule has 0 spiro atoms. The van der Waals surface area contributed by atoms with E-state index in [1.165, 1.54) is 32.1 Å². The largest absolute Gasteiger partial charge is 0.474 e. The first kappa shape index (κ1) is 10.3. The molecule has 15 heavy (non-hydrogen) atoms. The first-order valence-corrected chi connectivity index (χ1v) is 7.22. The van der Waals surface area contributed by atoms with Crippen LogP contribution >= 0.6 is 7.82 Å². The van der Waals surface area contributed by atoms with Crippen LogP contribution in [0.25, 0.3) is 0 Å². The minimum absolute atomic E-state index is 0.00736. The highest BCUT2D eigenvalue weighted by Crippen LogP contribution is 2.62. The Labute approximate surface area is 89.9 Å². The molecule has 2 bridgehead atoms. The van der Waals surface area contributed by atoms with E-state index in [9.17, 15) is 4.57 Å². The lowest BCUT2D eigenvalue weighted by Crippen LogP contribution is -2.50. The molecule has 3 aliphatic heterocycles. The Morgan fingerprint density at radius 3 is 2.00 bits per heavy atom. The van der Waals surface area contributed by atoms with Gasteiger partial charge in [-0.15, -0.1) is 0 Å². The number of hydrogen-bond donors (Lipinski definition) is 0. The van der Waals surface area contributed by atoms with Crippen molar-refractivity contribution in [1.82, 2.24) is 0 Å². The van der Waals surface area contributed by atoms with Crippen molar-refractivity contribution in [3.63, 3.8) is 0 Å². The normalized spacial score (nSPS) is 46.9. The summed E-state index contributed by atoms with van der Waals surface area (Å²) in [7, 11) is -3.12. The van der Waals surface area contributed by atoms with E-state index in [-0.39, 0.29) is 5.41 Å². The molecular weight excluding hydrogens is 215 g/mol. The number of rotatable bonds is 1. The Morgan fingerprint density at radius 1 is 0.933 bits per heavy atom. The van der Waals surface area contributed by atoms with E-state index in [4.69, 9.17) is 13.6 Å². The molecule has 4 rings (SSSR count). The third-order valence-corrected chi connectivity index (χ3v) is 5.34. The van der Waals surface area contributed by atoms with Gasteiger partial charge < -0.3 is 0 Å². The van der Waals surface area contributed by atoms with E-state index < -0.39 is 7.82 Å². The summed E-state index contributed by atoms with van der Waals surface area (Å²) in [5.74, 6) is 0.625. The van der Waals surface area contributed by atoms with Crippen molar-refractivity contribution in [2.45, 2.75) is 32.1 Å². The molecule has 1 saturated carbocycles. The van der Waals surface area contributed by atoms with Crippen LogP contribution in [0.15, 0.2) is 0 Å². The first-order chi connectivity index (χ1) is 7.23. The Morgan fingerprint density at radius 2 is 1.47 bits per heavy atom. The van der Waals surface area contributed by atoms with E-state index in [0.717, 1.165) is 0 Å². The van der Waals surface area contributed by atoms with Crippen molar-refractivity contribution in [3.05, 3.63) is 0 Å². The molecule has 4 nitrogen and oxygen atoms in total. The Hall–Kier alpha value is 0.110. The second-order valence-electron chi connectivity index (χ2n) is 4.96. The molecule has 4 fully saturated rings. The van der Waals surface area contributed by atoms with Crippen LogP contribution in [0.3, 0.4) is 0 Å². The monoisotopic (exact) mass is 232 g/mol. The second-order valence-corrected chi connectivity index (χ2v) is 6.63. The minimum Gasteiger partial charge on any atom is -0.286 e. The third-order valence-electron chi connectivity index (χ3n) is 4.00. The molecule has 1 aliphatic carbocycles. The van der Waals surface area contributed by atoms with Gasteiger partial charge in [0.2, 0.25) is 0 Å². The van der Waals surface area contributed by atoms with Gasteiger partial charge in [-0.1, -0.05) is 19.3 Å². The Kier molecular flexibility index (Phi) is 2.44. The highest BCUT2D eigenvalue weighted by molar-refractivity contribution is 7.48. The zero-order valence-corrected chi connectivity index (χ0v) is 9.71. The zero-order chi connectivity index (χ0) is 10.4. The molecule has 0 aromatic rings. The molecule has 0 atom stereocenters. The highest BCUT2D eigenvalue weighted by Gasteiger charge is 2.53. The van der Waals surface area contributed by atoms with Crippen molar-refractivity contribution in [3.8, 4) is 0 Å². The smallest absolute Gasteiger partial charge is 0.286 e. The quantitative estimate of drug-likeness (QED) is 0.652. The fourth-order valence-corrected chi connectivity index (χ4v) is 4.40. The van der Waals surface area contributed by atoms with Gasteiger partial charge in [-0.25, -0.2) is 4.57 Å². The Bertz CT molecular complexity index is 267. The average molecular weight is 232 g/mol. The van der Waals surface area contributed by atoms with Crippen molar-refractivity contribution >= 4 is 7.82 Å². The fourth-order valence-electron chi connectivity index (χ4n) is 2.93. The van der Waals surface area contributed by atoms with Crippen molar-refractivity contribution in [2.24, 2.45) is 11.3 Å². The van der Waals surface area contributed by atoms with Crippen LogP contribution in [0.2, 0.25) is 0 Å². The van der Waals surface area contributed by atoms with Crippen molar-refractivity contribution in [2.75, 3.05) is 19.8 Å². The molecule has 5 heteroatoms. The van der Waals surface area contributed by atoms with Gasteiger partial charge in [0.15, 0.2) is 0 Å². The topological polar surface area (TPSA) is 44.8 Å². The van der Waals surface area contributed by atoms with E-state index in [0.29, 0.717) is 25.7 Å². The molecule has 3 saturated heterocycles. The summed E-state index contributed by atoms with van der Waals surface area (Å²) in [6.07, 6.45) is 6.41. The van der Waals surface area contributed by atoms with Crippen molar-refractivity contribution < 1.29 is 18.1 Å². The SMILES string of the molecule is O=P12OCC(C3CCCCC3)(CO1)CO2. The maximum atomic E-state index is 11.6. The number of phosphoric ester groups is 1. The lowest BCUT2D eigenvalue weighted by molar-refractivity contribution is -0.128. The molecular formula is C10H17O4P. The summed E-state index contributed by atoms with van der Waals surface area (Å²) in [5.41, 5.74) is -0.00736. The second kappa shape index (κ2) is 3.56. The molecule has 0 aromatic heterocycles. The van der Waals surface area contributed by atoms with Crippen molar-refractivity contribution in [1.29, 1.82) is 0 Å². The molecule has 86 valence electrons. The number of phosphoric acid groups is 1. The summed E-state index contributed by atoms with van der Waals surface area (Å²) in [6, 6.07) is 0. The minimum atomic E-state index is -3.12. The van der Waals surface area contributed by atoms with E-state index >= 15 is 0 Å². The summed E-state index contributed by atoms with van der Waals surface area (Å²) in [5, 5.41) is 0. The third kappa shape index (κ3) is 1.68. The van der Waals surface area contributed by atoms with Gasteiger partial charge in [-0.05, 0) is 18.8 Å². The molecule has 0 aromatic carbocycles. The van der Waals surface area contributed by atoms with Crippen LogP contribution in [0.4, 0.5) is 0 Å². The predicted molar refractivity (Wildman–Crippen MR) is 54.5 cm³/mol. The summed E-state index contributed by atoms with van der Waals surface area (Å²) < 4.78 is 27.3. The predicted octanol–water partition coefficient (Wildman–Crippen LogP) is 2.74. The first-order valence-electron chi connectivity index (χ1n) is 5.76. The molecule has 0 radical (unpaired) electrons. The van der Waals surface area contributed by atoms with Gasteiger partial charge in [0.05, 0.1) is 19.8 Å². The molecule has 0 unspecified atom stereocenters. The van der Waals surface area contributed by atoms with E-state index in [1.54, 1.807) is 0 Å². The molecule has 4 aliphatic rings. The average Bonchev–Trinajstić information content (AvgIpc) is 2.32. The molecule has 0 amide bonds. The van der Waals surface area contributed by atoms with Crippen LogP contribution in [0, 0.1) is 11.3 Å². The Balaban J connectivity index is 1.77. The zero-order valence-electron chi connectivity index (χ0n) is 8.81. The van der Waals surface area contributed by atoms with Gasteiger partial charge in [-0.3, -0.25) is 13.6 Å². The summed E-state index contributed by atoms with van der Waals surface area (Å²) >= 11 is 0. The van der Waals surface area contributed by atoms with Crippen LogP contribution < -0.4 is 0 Å². The summed E-state index contributed by atoms with van der Waals surface area (Å²) in [6.45, 7) is 1.69. The standard InChI is InChI=1S/C10H17O4P/c11-15-12-6-10(7-13-15,8-14-15)9-4-2-1-3-5-9/h9H,1-8H2. The van der Waals surface area contributed by atoms with Gasteiger partial charge in [-0.2, -0.15) is 0 Å². The highest BCUT2D eigenvalue weighted by atomic mass is 31.2. The van der Waals surface area contributed by atoms with Crippen LogP contribution in [0.1, 0.15) is 32.1 Å². The molecule has 0 N–H and O–H groups in total.